The van der Waals surface area contributed by atoms with Gasteiger partial charge in [-0.2, -0.15) is 0 Å². The maximum atomic E-state index is 13.9. The van der Waals surface area contributed by atoms with Crippen molar-refractivity contribution in [2.45, 2.75) is 4.90 Å². The summed E-state index contributed by atoms with van der Waals surface area (Å²) in [5, 5.41) is 0.864. The van der Waals surface area contributed by atoms with Gasteiger partial charge >= 0.3 is 5.63 Å². The number of aromatic amines is 1. The molecule has 2 aromatic carbocycles. The topological polar surface area (TPSA) is 98.0 Å². The molecule has 0 radical (unpaired) electrons. The van der Waals surface area contributed by atoms with Crippen LogP contribution in [0.25, 0.3) is 44.2 Å². The lowest BCUT2D eigenvalue weighted by Gasteiger charge is -2.07. The summed E-state index contributed by atoms with van der Waals surface area (Å²) in [6.07, 6.45) is 2.86. The third-order valence-electron chi connectivity index (χ3n) is 5.68. The second kappa shape index (κ2) is 7.09. The van der Waals surface area contributed by atoms with Gasteiger partial charge in [-0.15, -0.1) is 0 Å². The van der Waals surface area contributed by atoms with Gasteiger partial charge in [0.25, 0.3) is 10.0 Å². The molecule has 0 aliphatic heterocycles. The molecule has 10 heteroatoms. The fourth-order valence-corrected chi connectivity index (χ4v) is 5.41. The summed E-state index contributed by atoms with van der Waals surface area (Å²) < 4.78 is 60.1. The quantitative estimate of drug-likeness (QED) is 0.369. The second-order valence-corrected chi connectivity index (χ2v) is 9.46. The van der Waals surface area contributed by atoms with Crippen LogP contribution >= 0.6 is 0 Å². The fraction of sp³-hybridized carbons (Fsp3) is 0. The van der Waals surface area contributed by atoms with Crippen molar-refractivity contribution in [3.8, 4) is 11.3 Å². The zero-order valence-electron chi connectivity index (χ0n) is 17.1. The van der Waals surface area contributed by atoms with E-state index in [4.69, 9.17) is 4.42 Å². The van der Waals surface area contributed by atoms with Crippen molar-refractivity contribution in [2.75, 3.05) is 0 Å². The number of nitrogens with zero attached hydrogens (tertiary/aromatic N) is 2. The lowest BCUT2D eigenvalue weighted by atomic mass is 10.1. The maximum Gasteiger partial charge on any atom is 0.345 e. The Bertz CT molecular complexity index is 1920. The molecule has 7 nitrogen and oxygen atoms in total. The van der Waals surface area contributed by atoms with Gasteiger partial charge in [0.2, 0.25) is 0 Å². The number of H-pyrrole nitrogens is 1. The Morgan fingerprint density at radius 3 is 2.47 bits per heavy atom. The van der Waals surface area contributed by atoms with Crippen LogP contribution in [0.15, 0.2) is 87.2 Å². The number of nitrogens with one attached hydrogen (secondary N) is 1. The van der Waals surface area contributed by atoms with Crippen molar-refractivity contribution in [1.29, 1.82) is 0 Å². The van der Waals surface area contributed by atoms with Crippen LogP contribution in [0.5, 0.6) is 0 Å². The molecule has 4 heterocycles. The predicted octanol–water partition coefficient (Wildman–Crippen LogP) is 4.81. The molecule has 0 aliphatic carbocycles. The van der Waals surface area contributed by atoms with Gasteiger partial charge in [0, 0.05) is 40.5 Å². The van der Waals surface area contributed by atoms with E-state index in [1.807, 2.05) is 0 Å². The average molecular weight is 477 g/mol. The molecule has 6 rings (SSSR count). The maximum absolute atomic E-state index is 13.9. The summed E-state index contributed by atoms with van der Waals surface area (Å²) in [6, 6.07) is 14.6. The fourth-order valence-electron chi connectivity index (χ4n) is 4.09. The molecule has 0 fully saturated rings. The van der Waals surface area contributed by atoms with Crippen LogP contribution in [-0.4, -0.2) is 22.4 Å². The molecule has 4 aromatic heterocycles. The summed E-state index contributed by atoms with van der Waals surface area (Å²) in [5.74, 6) is -2.20. The summed E-state index contributed by atoms with van der Waals surface area (Å²) in [7, 11) is -3.89. The Morgan fingerprint density at radius 2 is 1.68 bits per heavy atom. The molecular weight excluding hydrogens is 464 g/mol. The minimum absolute atomic E-state index is 0.0928. The summed E-state index contributed by atoms with van der Waals surface area (Å²) in [6.45, 7) is 0. The molecule has 168 valence electrons. The molecule has 0 saturated heterocycles. The van der Waals surface area contributed by atoms with Gasteiger partial charge in [0.15, 0.2) is 17.3 Å². The highest BCUT2D eigenvalue weighted by atomic mass is 32.2. The van der Waals surface area contributed by atoms with E-state index in [0.29, 0.717) is 16.6 Å². The zero-order chi connectivity index (χ0) is 23.6. The van der Waals surface area contributed by atoms with Crippen molar-refractivity contribution in [1.82, 2.24) is 13.9 Å². The number of rotatable bonds is 3. The predicted molar refractivity (Wildman–Crippen MR) is 122 cm³/mol. The number of halogens is 2. The number of hydrogen-bond acceptors (Lipinski definition) is 5. The van der Waals surface area contributed by atoms with Gasteiger partial charge in [-0.3, -0.25) is 0 Å². The standard InChI is InChI=1S/C24H13F2N3O4S/c25-18-10-16-21(12-19(18)26)33-24(30)17-11-20(28-22(16)17)14-6-8-27-23-15(14)7-9-29(23)34(31,32)13-4-2-1-3-5-13/h1-12,28H. The van der Waals surface area contributed by atoms with Gasteiger partial charge in [-0.25, -0.2) is 30.9 Å². The molecule has 0 unspecified atom stereocenters. The molecule has 0 aliphatic rings. The molecule has 6 aromatic rings. The molecule has 0 spiro atoms. The first-order valence-corrected chi connectivity index (χ1v) is 11.5. The number of pyridine rings is 1. The number of fused-ring (bicyclic) bond motifs is 4. The first-order chi connectivity index (χ1) is 16.3. The van der Waals surface area contributed by atoms with Crippen LogP contribution in [0.3, 0.4) is 0 Å². The third-order valence-corrected chi connectivity index (χ3v) is 7.36. The third kappa shape index (κ3) is 2.88. The normalized spacial score (nSPS) is 12.2. The SMILES string of the molecule is O=c1oc2cc(F)c(F)cc2c2[nH]c(-c3ccnc4c3ccn4S(=O)(=O)c3ccccc3)cc12. The van der Waals surface area contributed by atoms with Crippen LogP contribution in [0, 0.1) is 11.6 Å². The molecule has 0 atom stereocenters. The Morgan fingerprint density at radius 1 is 0.912 bits per heavy atom. The lowest BCUT2D eigenvalue weighted by molar-refractivity contribution is 0.503. The minimum atomic E-state index is -3.89. The van der Waals surface area contributed by atoms with E-state index in [9.17, 15) is 22.0 Å². The van der Waals surface area contributed by atoms with Crippen molar-refractivity contribution < 1.29 is 21.6 Å². The Hall–Kier alpha value is -4.31. The first-order valence-electron chi connectivity index (χ1n) is 10.1. The highest BCUT2D eigenvalue weighted by Gasteiger charge is 2.22. The molecule has 34 heavy (non-hydrogen) atoms. The van der Waals surface area contributed by atoms with Crippen LogP contribution in [0.2, 0.25) is 0 Å². The van der Waals surface area contributed by atoms with Gasteiger partial charge < -0.3 is 9.40 Å². The van der Waals surface area contributed by atoms with E-state index in [0.717, 1.165) is 16.1 Å². The first kappa shape index (κ1) is 20.3. The van der Waals surface area contributed by atoms with E-state index in [1.165, 1.54) is 30.6 Å². The van der Waals surface area contributed by atoms with Crippen molar-refractivity contribution in [3.63, 3.8) is 0 Å². The van der Waals surface area contributed by atoms with Crippen LogP contribution in [0.4, 0.5) is 8.78 Å². The molecular formula is C24H13F2N3O4S. The van der Waals surface area contributed by atoms with E-state index in [2.05, 4.69) is 9.97 Å². The van der Waals surface area contributed by atoms with Gasteiger partial charge in [0.1, 0.15) is 5.58 Å². The lowest BCUT2D eigenvalue weighted by Crippen LogP contribution is -2.12. The number of benzene rings is 2. The molecule has 0 saturated carbocycles. The van der Waals surface area contributed by atoms with Gasteiger partial charge in [0.05, 0.1) is 15.8 Å². The smallest absolute Gasteiger partial charge is 0.345 e. The summed E-state index contributed by atoms with van der Waals surface area (Å²) in [4.78, 5) is 19.9. The zero-order valence-corrected chi connectivity index (χ0v) is 17.9. The molecule has 0 bridgehead atoms. The van der Waals surface area contributed by atoms with Crippen molar-refractivity contribution in [2.24, 2.45) is 0 Å². The van der Waals surface area contributed by atoms with E-state index in [1.54, 1.807) is 30.3 Å². The van der Waals surface area contributed by atoms with Gasteiger partial charge in [-0.05, 0) is 36.4 Å². The van der Waals surface area contributed by atoms with Crippen molar-refractivity contribution in [3.05, 3.63) is 95.1 Å². The van der Waals surface area contributed by atoms with E-state index >= 15 is 0 Å². The Kier molecular flexibility index (Phi) is 4.24. The second-order valence-electron chi connectivity index (χ2n) is 7.65. The highest BCUT2D eigenvalue weighted by molar-refractivity contribution is 7.90. The largest absolute Gasteiger partial charge is 0.422 e. The monoisotopic (exact) mass is 477 g/mol. The van der Waals surface area contributed by atoms with E-state index in [-0.39, 0.29) is 32.4 Å². The van der Waals surface area contributed by atoms with Gasteiger partial charge in [-0.1, -0.05) is 18.2 Å². The average Bonchev–Trinajstić information content (AvgIpc) is 3.47. The minimum Gasteiger partial charge on any atom is -0.422 e. The van der Waals surface area contributed by atoms with Crippen LogP contribution < -0.4 is 5.63 Å². The van der Waals surface area contributed by atoms with Crippen molar-refractivity contribution >= 4 is 42.9 Å². The number of hydrogen-bond donors (Lipinski definition) is 1. The summed E-state index contributed by atoms with van der Waals surface area (Å²) in [5.41, 5.74) is 0.696. The summed E-state index contributed by atoms with van der Waals surface area (Å²) >= 11 is 0. The number of aromatic nitrogens is 3. The Labute approximate surface area is 189 Å². The van der Waals surface area contributed by atoms with Crippen LogP contribution in [-0.2, 0) is 10.0 Å². The van der Waals surface area contributed by atoms with Crippen LogP contribution in [0.1, 0.15) is 0 Å². The van der Waals surface area contributed by atoms with E-state index < -0.39 is 27.3 Å². The highest BCUT2D eigenvalue weighted by Crippen LogP contribution is 2.33. The molecule has 0 amide bonds. The Balaban J connectivity index is 1.59. The molecule has 1 N–H and O–H groups in total.